The van der Waals surface area contributed by atoms with E-state index in [1.807, 2.05) is 7.05 Å². The summed E-state index contributed by atoms with van der Waals surface area (Å²) >= 11 is 0.973. The van der Waals surface area contributed by atoms with E-state index < -0.39 is 10.0 Å². The van der Waals surface area contributed by atoms with Gasteiger partial charge in [0, 0.05) is 19.6 Å². The van der Waals surface area contributed by atoms with E-state index in [4.69, 9.17) is 10.5 Å². The van der Waals surface area contributed by atoms with Crippen molar-refractivity contribution < 1.29 is 13.2 Å². The lowest BCUT2D eigenvalue weighted by Gasteiger charge is -2.29. The number of ether oxygens (including phenoxy) is 1. The van der Waals surface area contributed by atoms with Crippen LogP contribution in [0.25, 0.3) is 0 Å². The number of hydrogen-bond acceptors (Lipinski definition) is 7. The van der Waals surface area contributed by atoms with Crippen LogP contribution in [-0.2, 0) is 14.8 Å². The Bertz CT molecular complexity index is 543. The van der Waals surface area contributed by atoms with Gasteiger partial charge < -0.3 is 15.4 Å². The molecule has 3 N–H and O–H groups in total. The highest BCUT2D eigenvalue weighted by Crippen LogP contribution is 2.24. The van der Waals surface area contributed by atoms with Crippen molar-refractivity contribution in [3.8, 4) is 0 Å². The minimum absolute atomic E-state index is 0.126. The van der Waals surface area contributed by atoms with Gasteiger partial charge in [0.1, 0.15) is 0 Å². The molecule has 1 aliphatic heterocycles. The first-order chi connectivity index (χ1) is 8.88. The minimum Gasteiger partial charge on any atom is -0.375 e. The van der Waals surface area contributed by atoms with E-state index in [1.54, 1.807) is 6.92 Å². The van der Waals surface area contributed by atoms with Crippen molar-refractivity contribution in [2.24, 2.45) is 0 Å². The highest BCUT2D eigenvalue weighted by Gasteiger charge is 2.24. The molecule has 1 aliphatic rings. The summed E-state index contributed by atoms with van der Waals surface area (Å²) in [5, 5.41) is 0.256. The number of likely N-dealkylation sites (N-methyl/N-ethyl adjacent to an activating group) is 1. The second-order valence-electron chi connectivity index (χ2n) is 4.53. The quantitative estimate of drug-likeness (QED) is 0.788. The molecule has 1 aromatic rings. The Morgan fingerprint density at radius 2 is 2.37 bits per heavy atom. The third kappa shape index (κ3) is 3.63. The van der Waals surface area contributed by atoms with Crippen molar-refractivity contribution in [2.75, 3.05) is 39.0 Å². The summed E-state index contributed by atoms with van der Waals surface area (Å²) in [4.78, 5) is 6.03. The van der Waals surface area contributed by atoms with E-state index in [9.17, 15) is 8.42 Å². The fraction of sp³-hybridized carbons (Fsp3) is 0.700. The highest BCUT2D eigenvalue weighted by atomic mass is 32.2. The number of rotatable bonds is 4. The Balaban J connectivity index is 2.00. The van der Waals surface area contributed by atoms with Crippen LogP contribution in [-0.4, -0.2) is 57.7 Å². The average molecular weight is 306 g/mol. The largest absolute Gasteiger partial charge is 0.375 e. The van der Waals surface area contributed by atoms with Gasteiger partial charge in [0.25, 0.3) is 10.0 Å². The van der Waals surface area contributed by atoms with Gasteiger partial charge in [0.2, 0.25) is 0 Å². The topological polar surface area (TPSA) is 97.5 Å². The lowest BCUT2D eigenvalue weighted by molar-refractivity contribution is -0.0156. The van der Waals surface area contributed by atoms with Crippen molar-refractivity contribution in [1.82, 2.24) is 14.6 Å². The van der Waals surface area contributed by atoms with Crippen LogP contribution in [0.3, 0.4) is 0 Å². The summed E-state index contributed by atoms with van der Waals surface area (Å²) < 4.78 is 32.5. The lowest BCUT2D eigenvalue weighted by atomic mass is 10.3. The van der Waals surface area contributed by atoms with E-state index in [1.165, 1.54) is 0 Å². The third-order valence-corrected chi connectivity index (χ3v) is 5.88. The molecule has 1 aromatic heterocycles. The highest BCUT2D eigenvalue weighted by molar-refractivity contribution is 7.91. The van der Waals surface area contributed by atoms with Gasteiger partial charge in [-0.2, -0.15) is 0 Å². The van der Waals surface area contributed by atoms with Crippen LogP contribution in [0.1, 0.15) is 5.69 Å². The maximum Gasteiger partial charge on any atom is 0.252 e. The molecule has 0 radical (unpaired) electrons. The number of sulfonamides is 1. The smallest absolute Gasteiger partial charge is 0.252 e. The predicted molar refractivity (Wildman–Crippen MR) is 73.7 cm³/mol. The van der Waals surface area contributed by atoms with Crippen LogP contribution >= 0.6 is 11.3 Å². The minimum atomic E-state index is -3.56. The van der Waals surface area contributed by atoms with Crippen LogP contribution in [0, 0.1) is 6.92 Å². The number of aryl methyl sites for hydroxylation is 1. The van der Waals surface area contributed by atoms with E-state index in [0.717, 1.165) is 17.9 Å². The summed E-state index contributed by atoms with van der Waals surface area (Å²) in [5.41, 5.74) is 5.94. The Labute approximate surface area is 116 Å². The molecule has 0 amide bonds. The molecule has 0 aromatic carbocycles. The van der Waals surface area contributed by atoms with Crippen LogP contribution < -0.4 is 10.5 Å². The fourth-order valence-corrected chi connectivity index (χ4v) is 4.32. The van der Waals surface area contributed by atoms with Gasteiger partial charge in [0.05, 0.1) is 18.4 Å². The predicted octanol–water partition coefficient (Wildman–Crippen LogP) is -0.357. The summed E-state index contributed by atoms with van der Waals surface area (Å²) in [7, 11) is -1.58. The number of nitrogens with zero attached hydrogens (tertiary/aromatic N) is 2. The number of nitrogen functional groups attached to an aromatic ring is 1. The molecule has 0 spiro atoms. The van der Waals surface area contributed by atoms with Gasteiger partial charge >= 0.3 is 0 Å². The van der Waals surface area contributed by atoms with Crippen molar-refractivity contribution in [3.05, 3.63) is 5.69 Å². The van der Waals surface area contributed by atoms with Crippen LogP contribution in [0.2, 0.25) is 0 Å². The Hall–Kier alpha value is -0.740. The molecule has 1 unspecified atom stereocenters. The summed E-state index contributed by atoms with van der Waals surface area (Å²) in [5.74, 6) is 0. The zero-order valence-electron chi connectivity index (χ0n) is 10.9. The standard InChI is InChI=1S/C10H18N4O3S2/c1-7-9(18-10(11)13-7)19(15,16)12-5-8-6-14(2)3-4-17-8/h8,12H,3-6H2,1-2H3,(H2,11,13). The maximum absolute atomic E-state index is 12.1. The lowest BCUT2D eigenvalue weighted by Crippen LogP contribution is -2.45. The molecule has 0 saturated carbocycles. The van der Waals surface area contributed by atoms with Crippen molar-refractivity contribution >= 4 is 26.5 Å². The van der Waals surface area contributed by atoms with Crippen LogP contribution in [0.15, 0.2) is 4.21 Å². The Morgan fingerprint density at radius 3 is 2.95 bits per heavy atom. The summed E-state index contributed by atoms with van der Waals surface area (Å²) in [6.45, 7) is 4.09. The molecule has 2 rings (SSSR count). The van der Waals surface area contributed by atoms with E-state index in [2.05, 4.69) is 14.6 Å². The van der Waals surface area contributed by atoms with Crippen molar-refractivity contribution in [2.45, 2.75) is 17.2 Å². The van der Waals surface area contributed by atoms with E-state index >= 15 is 0 Å². The van der Waals surface area contributed by atoms with Gasteiger partial charge in [-0.05, 0) is 14.0 Å². The number of nitrogens with one attached hydrogen (secondary N) is 1. The first-order valence-electron chi connectivity index (χ1n) is 5.91. The van der Waals surface area contributed by atoms with Gasteiger partial charge in [-0.1, -0.05) is 11.3 Å². The monoisotopic (exact) mass is 306 g/mol. The third-order valence-electron chi connectivity index (χ3n) is 2.86. The van der Waals surface area contributed by atoms with Gasteiger partial charge in [-0.15, -0.1) is 0 Å². The first kappa shape index (κ1) is 14.7. The van der Waals surface area contributed by atoms with Crippen LogP contribution in [0.5, 0.6) is 0 Å². The maximum atomic E-state index is 12.1. The zero-order chi connectivity index (χ0) is 14.0. The van der Waals surface area contributed by atoms with E-state index in [-0.39, 0.29) is 22.0 Å². The van der Waals surface area contributed by atoms with Gasteiger partial charge in [0.15, 0.2) is 9.34 Å². The number of hydrogen-bond donors (Lipinski definition) is 2. The molecule has 108 valence electrons. The molecule has 0 aliphatic carbocycles. The van der Waals surface area contributed by atoms with Gasteiger partial charge in [-0.3, -0.25) is 0 Å². The molecular weight excluding hydrogens is 288 g/mol. The number of morpholine rings is 1. The second kappa shape index (κ2) is 5.71. The van der Waals surface area contributed by atoms with E-state index in [0.29, 0.717) is 18.8 Å². The molecule has 7 nitrogen and oxygen atoms in total. The molecule has 2 heterocycles. The molecule has 9 heteroatoms. The van der Waals surface area contributed by atoms with Crippen molar-refractivity contribution in [3.63, 3.8) is 0 Å². The normalized spacial score (nSPS) is 21.7. The van der Waals surface area contributed by atoms with Gasteiger partial charge in [-0.25, -0.2) is 18.1 Å². The van der Waals surface area contributed by atoms with Crippen molar-refractivity contribution in [1.29, 1.82) is 0 Å². The number of thiazole rings is 1. The molecule has 19 heavy (non-hydrogen) atoms. The summed E-state index contributed by atoms with van der Waals surface area (Å²) in [6.07, 6.45) is -0.126. The SMILES string of the molecule is Cc1nc(N)sc1S(=O)(=O)NCC1CN(C)CCO1. The number of nitrogens with two attached hydrogens (primary N) is 1. The first-order valence-corrected chi connectivity index (χ1v) is 8.21. The van der Waals surface area contributed by atoms with Crippen LogP contribution in [0.4, 0.5) is 5.13 Å². The molecule has 1 atom stereocenters. The molecular formula is C10H18N4O3S2. The fourth-order valence-electron chi connectivity index (χ4n) is 1.91. The zero-order valence-corrected chi connectivity index (χ0v) is 12.6. The number of anilines is 1. The molecule has 1 fully saturated rings. The Kier molecular flexibility index (Phi) is 4.41. The summed E-state index contributed by atoms with van der Waals surface area (Å²) in [6, 6.07) is 0. The second-order valence-corrected chi connectivity index (χ2v) is 7.52. The molecule has 1 saturated heterocycles. The average Bonchev–Trinajstić information content (AvgIpc) is 2.67. The Morgan fingerprint density at radius 1 is 1.63 bits per heavy atom. The number of aromatic nitrogens is 1. The molecule has 0 bridgehead atoms.